The third-order valence-corrected chi connectivity index (χ3v) is 4.94. The number of hydrogen-bond donors (Lipinski definition) is 1. The Hall–Kier alpha value is -0.820. The standard InChI is InChI=1S/C18H29N/c1-5-13-6-8-14(9-7-13)16-12-15(18(2,3)4)10-11-17(16)19/h6-9,15-17H,5,10-12,19H2,1-4H3. The molecule has 1 heteroatoms. The Bertz CT molecular complexity index is 399. The third-order valence-electron chi connectivity index (χ3n) is 4.94. The van der Waals surface area contributed by atoms with Crippen LogP contribution in [0.2, 0.25) is 0 Å². The highest BCUT2D eigenvalue weighted by Gasteiger charge is 2.34. The van der Waals surface area contributed by atoms with Gasteiger partial charge in [-0.1, -0.05) is 52.0 Å². The second-order valence-electron chi connectivity index (χ2n) is 7.24. The molecule has 0 aliphatic heterocycles. The van der Waals surface area contributed by atoms with E-state index in [0.29, 0.717) is 17.4 Å². The lowest BCUT2D eigenvalue weighted by molar-refractivity contribution is 0.154. The summed E-state index contributed by atoms with van der Waals surface area (Å²) < 4.78 is 0. The van der Waals surface area contributed by atoms with Crippen LogP contribution in [0.4, 0.5) is 0 Å². The Balaban J connectivity index is 2.16. The summed E-state index contributed by atoms with van der Waals surface area (Å²) in [5.41, 5.74) is 9.65. The van der Waals surface area contributed by atoms with Gasteiger partial charge in [-0.25, -0.2) is 0 Å². The molecule has 3 unspecified atom stereocenters. The van der Waals surface area contributed by atoms with Crippen LogP contribution >= 0.6 is 0 Å². The molecule has 1 nitrogen and oxygen atoms in total. The van der Waals surface area contributed by atoms with Crippen molar-refractivity contribution < 1.29 is 0 Å². The van der Waals surface area contributed by atoms with E-state index in [0.717, 1.165) is 12.3 Å². The lowest BCUT2D eigenvalue weighted by Gasteiger charge is -2.41. The Morgan fingerprint density at radius 1 is 1.11 bits per heavy atom. The molecule has 0 saturated heterocycles. The molecule has 0 heterocycles. The lowest BCUT2D eigenvalue weighted by atomic mass is 9.66. The van der Waals surface area contributed by atoms with Crippen molar-refractivity contribution in [3.05, 3.63) is 35.4 Å². The molecule has 0 amide bonds. The van der Waals surface area contributed by atoms with Crippen LogP contribution in [0.15, 0.2) is 24.3 Å². The second kappa shape index (κ2) is 5.66. The molecule has 3 atom stereocenters. The largest absolute Gasteiger partial charge is 0.327 e. The van der Waals surface area contributed by atoms with Gasteiger partial charge in [-0.15, -0.1) is 0 Å². The maximum atomic E-state index is 6.39. The minimum Gasteiger partial charge on any atom is -0.327 e. The average Bonchev–Trinajstić information content (AvgIpc) is 2.38. The molecule has 2 N–H and O–H groups in total. The van der Waals surface area contributed by atoms with E-state index in [-0.39, 0.29) is 0 Å². The van der Waals surface area contributed by atoms with Crippen LogP contribution in [0, 0.1) is 11.3 Å². The van der Waals surface area contributed by atoms with Gasteiger partial charge in [-0.3, -0.25) is 0 Å². The quantitative estimate of drug-likeness (QED) is 0.831. The molecule has 0 radical (unpaired) electrons. The van der Waals surface area contributed by atoms with E-state index in [1.165, 1.54) is 30.4 Å². The highest BCUT2D eigenvalue weighted by molar-refractivity contribution is 5.27. The van der Waals surface area contributed by atoms with Crippen molar-refractivity contribution in [2.75, 3.05) is 0 Å². The zero-order chi connectivity index (χ0) is 14.0. The van der Waals surface area contributed by atoms with E-state index < -0.39 is 0 Å². The van der Waals surface area contributed by atoms with Crippen LogP contribution in [0.1, 0.15) is 64.0 Å². The molecule has 0 spiro atoms. The molecule has 1 aliphatic carbocycles. The SMILES string of the molecule is CCc1ccc(C2CC(C(C)(C)C)CCC2N)cc1. The van der Waals surface area contributed by atoms with Crippen LogP contribution in [0.5, 0.6) is 0 Å². The molecule has 0 bridgehead atoms. The van der Waals surface area contributed by atoms with Gasteiger partial charge in [-0.05, 0) is 54.1 Å². The summed E-state index contributed by atoms with van der Waals surface area (Å²) in [5, 5.41) is 0. The maximum Gasteiger partial charge on any atom is 0.0108 e. The minimum absolute atomic E-state index is 0.339. The average molecular weight is 259 g/mol. The number of nitrogens with two attached hydrogens (primary N) is 1. The summed E-state index contributed by atoms with van der Waals surface area (Å²) in [6, 6.07) is 9.47. The number of aryl methyl sites for hydroxylation is 1. The molecule has 1 aromatic carbocycles. The predicted octanol–water partition coefficient (Wildman–Crippen LogP) is 4.51. The topological polar surface area (TPSA) is 26.0 Å². The summed E-state index contributed by atoms with van der Waals surface area (Å²) in [4.78, 5) is 0. The van der Waals surface area contributed by atoms with Gasteiger partial charge in [0.15, 0.2) is 0 Å². The summed E-state index contributed by atoms with van der Waals surface area (Å²) in [6.07, 6.45) is 4.81. The van der Waals surface area contributed by atoms with Crippen molar-refractivity contribution in [3.63, 3.8) is 0 Å². The van der Waals surface area contributed by atoms with E-state index in [1.54, 1.807) is 0 Å². The van der Waals surface area contributed by atoms with Crippen LogP contribution in [-0.4, -0.2) is 6.04 Å². The van der Waals surface area contributed by atoms with Crippen LogP contribution in [-0.2, 0) is 6.42 Å². The van der Waals surface area contributed by atoms with Gasteiger partial charge in [0.25, 0.3) is 0 Å². The Labute approximate surface area is 118 Å². The van der Waals surface area contributed by atoms with Crippen LogP contribution < -0.4 is 5.73 Å². The molecule has 1 fully saturated rings. The molecular weight excluding hydrogens is 230 g/mol. The first-order valence-electron chi connectivity index (χ1n) is 7.76. The summed E-state index contributed by atoms with van der Waals surface area (Å²) in [5.74, 6) is 1.34. The zero-order valence-electron chi connectivity index (χ0n) is 12.9. The second-order valence-corrected chi connectivity index (χ2v) is 7.24. The van der Waals surface area contributed by atoms with Gasteiger partial charge in [0, 0.05) is 6.04 Å². The van der Waals surface area contributed by atoms with Crippen LogP contribution in [0.3, 0.4) is 0 Å². The van der Waals surface area contributed by atoms with Crippen molar-refractivity contribution in [2.45, 2.75) is 65.3 Å². The fraction of sp³-hybridized carbons (Fsp3) is 0.667. The van der Waals surface area contributed by atoms with Crippen molar-refractivity contribution in [2.24, 2.45) is 17.1 Å². The Morgan fingerprint density at radius 2 is 1.74 bits per heavy atom. The zero-order valence-corrected chi connectivity index (χ0v) is 12.9. The molecule has 19 heavy (non-hydrogen) atoms. The molecular formula is C18H29N. The van der Waals surface area contributed by atoms with Crippen molar-refractivity contribution >= 4 is 0 Å². The van der Waals surface area contributed by atoms with E-state index in [9.17, 15) is 0 Å². The fourth-order valence-corrected chi connectivity index (χ4v) is 3.36. The van der Waals surface area contributed by atoms with Gasteiger partial charge in [-0.2, -0.15) is 0 Å². The fourth-order valence-electron chi connectivity index (χ4n) is 3.36. The van der Waals surface area contributed by atoms with Gasteiger partial charge in [0.2, 0.25) is 0 Å². The number of benzene rings is 1. The highest BCUT2D eigenvalue weighted by Crippen LogP contribution is 2.43. The molecule has 1 aromatic rings. The lowest BCUT2D eigenvalue weighted by Crippen LogP contribution is -2.38. The Kier molecular flexibility index (Phi) is 4.35. The van der Waals surface area contributed by atoms with Gasteiger partial charge >= 0.3 is 0 Å². The van der Waals surface area contributed by atoms with E-state index >= 15 is 0 Å². The number of rotatable bonds is 2. The monoisotopic (exact) mass is 259 g/mol. The molecule has 1 saturated carbocycles. The number of hydrogen-bond acceptors (Lipinski definition) is 1. The van der Waals surface area contributed by atoms with E-state index in [1.807, 2.05) is 0 Å². The summed E-state index contributed by atoms with van der Waals surface area (Å²) >= 11 is 0. The third kappa shape index (κ3) is 3.39. The van der Waals surface area contributed by atoms with Crippen molar-refractivity contribution in [1.29, 1.82) is 0 Å². The first kappa shape index (κ1) is 14.6. The predicted molar refractivity (Wildman–Crippen MR) is 83.3 cm³/mol. The summed E-state index contributed by atoms with van der Waals surface area (Å²) in [7, 11) is 0. The molecule has 106 valence electrons. The normalized spacial score (nSPS) is 28.4. The molecule has 0 aromatic heterocycles. The van der Waals surface area contributed by atoms with Gasteiger partial charge in [0.05, 0.1) is 0 Å². The van der Waals surface area contributed by atoms with Gasteiger partial charge < -0.3 is 5.73 Å². The first-order valence-corrected chi connectivity index (χ1v) is 7.76. The maximum absolute atomic E-state index is 6.39. The van der Waals surface area contributed by atoms with Crippen molar-refractivity contribution in [3.8, 4) is 0 Å². The highest BCUT2D eigenvalue weighted by atomic mass is 14.7. The van der Waals surface area contributed by atoms with Crippen LogP contribution in [0.25, 0.3) is 0 Å². The Morgan fingerprint density at radius 3 is 2.26 bits per heavy atom. The molecule has 2 rings (SSSR count). The van der Waals surface area contributed by atoms with E-state index in [2.05, 4.69) is 52.0 Å². The minimum atomic E-state index is 0.339. The smallest absolute Gasteiger partial charge is 0.0108 e. The summed E-state index contributed by atoms with van der Waals surface area (Å²) in [6.45, 7) is 9.31. The van der Waals surface area contributed by atoms with E-state index in [4.69, 9.17) is 5.73 Å². The first-order chi connectivity index (χ1) is 8.91. The molecule has 1 aliphatic rings. The van der Waals surface area contributed by atoms with Gasteiger partial charge in [0.1, 0.15) is 0 Å². The van der Waals surface area contributed by atoms with Crippen molar-refractivity contribution in [1.82, 2.24) is 0 Å².